The van der Waals surface area contributed by atoms with Gasteiger partial charge in [0, 0.05) is 6.42 Å². The Morgan fingerprint density at radius 3 is 3.21 bits per heavy atom. The van der Waals surface area contributed by atoms with Crippen LogP contribution >= 0.6 is 11.8 Å². The summed E-state index contributed by atoms with van der Waals surface area (Å²) in [6.07, 6.45) is 6.40. The topological polar surface area (TPSA) is 52.0 Å². The van der Waals surface area contributed by atoms with Gasteiger partial charge in [0.1, 0.15) is 6.26 Å². The van der Waals surface area contributed by atoms with Gasteiger partial charge in [-0.05, 0) is 25.1 Å². The third kappa shape index (κ3) is 2.30. The van der Waals surface area contributed by atoms with Crippen LogP contribution < -0.4 is 5.73 Å². The van der Waals surface area contributed by atoms with Gasteiger partial charge in [-0.15, -0.1) is 11.8 Å². The van der Waals surface area contributed by atoms with Crippen molar-refractivity contribution in [2.45, 2.75) is 30.9 Å². The highest BCUT2D eigenvalue weighted by Crippen LogP contribution is 2.37. The molecule has 4 heteroatoms. The second kappa shape index (κ2) is 4.84. The summed E-state index contributed by atoms with van der Waals surface area (Å²) in [6.45, 7) is 0.643. The summed E-state index contributed by atoms with van der Waals surface area (Å²) in [6, 6.07) is 0. The van der Waals surface area contributed by atoms with Gasteiger partial charge in [-0.1, -0.05) is 6.42 Å². The number of hydrogen-bond acceptors (Lipinski definition) is 4. The molecule has 0 spiro atoms. The zero-order valence-corrected chi connectivity index (χ0v) is 9.05. The van der Waals surface area contributed by atoms with Gasteiger partial charge in [0.25, 0.3) is 0 Å². The van der Waals surface area contributed by atoms with Crippen LogP contribution in [0.4, 0.5) is 0 Å². The maximum absolute atomic E-state index is 5.47. The Hall–Kier alpha value is -0.480. The standard InChI is InChI=1S/C10H16N2OS/c11-5-4-8-7-13-10(12-8)9-3-1-2-6-14-9/h7,9H,1-6,11H2. The second-order valence-corrected chi connectivity index (χ2v) is 4.88. The van der Waals surface area contributed by atoms with E-state index in [1.165, 1.54) is 25.0 Å². The van der Waals surface area contributed by atoms with E-state index in [0.717, 1.165) is 18.0 Å². The maximum atomic E-state index is 5.47. The molecule has 0 bridgehead atoms. The molecule has 0 aromatic carbocycles. The normalized spacial score (nSPS) is 22.5. The molecule has 1 aromatic heterocycles. The van der Waals surface area contributed by atoms with Gasteiger partial charge in [-0.2, -0.15) is 0 Å². The Kier molecular flexibility index (Phi) is 3.48. The minimum atomic E-state index is 0.482. The highest BCUT2D eigenvalue weighted by atomic mass is 32.2. The monoisotopic (exact) mass is 212 g/mol. The van der Waals surface area contributed by atoms with Crippen molar-refractivity contribution in [3.05, 3.63) is 17.8 Å². The molecule has 0 saturated carbocycles. The Morgan fingerprint density at radius 1 is 1.57 bits per heavy atom. The fourth-order valence-electron chi connectivity index (χ4n) is 1.67. The van der Waals surface area contributed by atoms with Crippen LogP contribution in [0.2, 0.25) is 0 Å². The first-order chi connectivity index (χ1) is 6.90. The van der Waals surface area contributed by atoms with E-state index in [2.05, 4.69) is 4.98 Å². The van der Waals surface area contributed by atoms with Gasteiger partial charge < -0.3 is 10.2 Å². The van der Waals surface area contributed by atoms with Crippen LogP contribution in [0.3, 0.4) is 0 Å². The predicted octanol–water partition coefficient (Wildman–Crippen LogP) is 2.13. The van der Waals surface area contributed by atoms with Gasteiger partial charge >= 0.3 is 0 Å². The van der Waals surface area contributed by atoms with Gasteiger partial charge in [-0.3, -0.25) is 0 Å². The number of nitrogens with two attached hydrogens (primary N) is 1. The molecule has 0 aliphatic carbocycles. The summed E-state index contributed by atoms with van der Waals surface area (Å²) in [4.78, 5) is 4.46. The van der Waals surface area contributed by atoms with Gasteiger partial charge in [0.2, 0.25) is 5.89 Å². The Bertz CT molecular complexity index is 281. The average Bonchev–Trinajstić information content (AvgIpc) is 2.68. The third-order valence-corrected chi connectivity index (χ3v) is 3.79. The molecule has 2 N–H and O–H groups in total. The maximum Gasteiger partial charge on any atom is 0.207 e. The number of nitrogens with zero attached hydrogens (tertiary/aromatic N) is 1. The van der Waals surface area contributed by atoms with Crippen molar-refractivity contribution in [3.63, 3.8) is 0 Å². The Morgan fingerprint density at radius 2 is 2.50 bits per heavy atom. The van der Waals surface area contributed by atoms with Crippen LogP contribution in [0.5, 0.6) is 0 Å². The Labute approximate surface area is 88.5 Å². The summed E-state index contributed by atoms with van der Waals surface area (Å²) >= 11 is 1.96. The number of oxazole rings is 1. The van der Waals surface area contributed by atoms with E-state index in [1.807, 2.05) is 11.8 Å². The van der Waals surface area contributed by atoms with Crippen molar-refractivity contribution in [3.8, 4) is 0 Å². The van der Waals surface area contributed by atoms with Crippen molar-refractivity contribution >= 4 is 11.8 Å². The second-order valence-electron chi connectivity index (χ2n) is 3.57. The lowest BCUT2D eigenvalue weighted by molar-refractivity contribution is 0.473. The highest BCUT2D eigenvalue weighted by Gasteiger charge is 2.20. The molecule has 0 amide bonds. The molecular weight excluding hydrogens is 196 g/mol. The first kappa shape index (κ1) is 10.1. The minimum absolute atomic E-state index is 0.482. The lowest BCUT2D eigenvalue weighted by atomic mass is 10.2. The average molecular weight is 212 g/mol. The predicted molar refractivity (Wildman–Crippen MR) is 58.3 cm³/mol. The molecule has 1 unspecified atom stereocenters. The molecule has 1 fully saturated rings. The number of rotatable bonds is 3. The van der Waals surface area contributed by atoms with Crippen LogP contribution in [-0.4, -0.2) is 17.3 Å². The molecule has 3 nitrogen and oxygen atoms in total. The van der Waals surface area contributed by atoms with E-state index in [4.69, 9.17) is 10.2 Å². The SMILES string of the molecule is NCCc1coc(C2CCCCS2)n1. The fourth-order valence-corrected chi connectivity index (χ4v) is 2.91. The highest BCUT2D eigenvalue weighted by molar-refractivity contribution is 7.99. The van der Waals surface area contributed by atoms with Crippen molar-refractivity contribution in [1.82, 2.24) is 4.98 Å². The molecule has 2 heterocycles. The van der Waals surface area contributed by atoms with Crippen molar-refractivity contribution in [2.75, 3.05) is 12.3 Å². The largest absolute Gasteiger partial charge is 0.447 e. The lowest BCUT2D eigenvalue weighted by Gasteiger charge is -2.17. The van der Waals surface area contributed by atoms with E-state index in [1.54, 1.807) is 6.26 Å². The minimum Gasteiger partial charge on any atom is -0.447 e. The van der Waals surface area contributed by atoms with Crippen molar-refractivity contribution in [1.29, 1.82) is 0 Å². The first-order valence-electron chi connectivity index (χ1n) is 5.16. The molecule has 1 aliphatic heterocycles. The molecule has 0 radical (unpaired) electrons. The van der Waals surface area contributed by atoms with Crippen molar-refractivity contribution < 1.29 is 4.42 Å². The smallest absolute Gasteiger partial charge is 0.207 e. The Balaban J connectivity index is 2.00. The molecule has 1 saturated heterocycles. The number of thioether (sulfide) groups is 1. The zero-order valence-electron chi connectivity index (χ0n) is 8.24. The molecule has 1 aromatic rings. The summed E-state index contributed by atoms with van der Waals surface area (Å²) < 4.78 is 5.47. The number of hydrogen-bond donors (Lipinski definition) is 1. The molecule has 2 rings (SSSR count). The van der Waals surface area contributed by atoms with Crippen LogP contribution in [0.1, 0.15) is 36.1 Å². The lowest BCUT2D eigenvalue weighted by Crippen LogP contribution is -2.05. The third-order valence-electron chi connectivity index (χ3n) is 2.43. The van der Waals surface area contributed by atoms with Crippen LogP contribution in [-0.2, 0) is 6.42 Å². The van der Waals surface area contributed by atoms with Crippen LogP contribution in [0.25, 0.3) is 0 Å². The quantitative estimate of drug-likeness (QED) is 0.834. The van der Waals surface area contributed by atoms with E-state index >= 15 is 0 Å². The zero-order chi connectivity index (χ0) is 9.80. The molecule has 14 heavy (non-hydrogen) atoms. The van der Waals surface area contributed by atoms with Crippen LogP contribution in [0, 0.1) is 0 Å². The van der Waals surface area contributed by atoms with Gasteiger partial charge in [0.15, 0.2) is 0 Å². The summed E-state index contributed by atoms with van der Waals surface area (Å²) in [7, 11) is 0. The molecule has 1 atom stereocenters. The molecule has 78 valence electrons. The first-order valence-corrected chi connectivity index (χ1v) is 6.21. The number of aromatic nitrogens is 1. The summed E-state index contributed by atoms with van der Waals surface area (Å²) in [5.74, 6) is 2.14. The van der Waals surface area contributed by atoms with E-state index in [9.17, 15) is 0 Å². The summed E-state index contributed by atoms with van der Waals surface area (Å²) in [5.41, 5.74) is 6.46. The molecular formula is C10H16N2OS. The van der Waals surface area contributed by atoms with Crippen LogP contribution in [0.15, 0.2) is 10.7 Å². The van der Waals surface area contributed by atoms with Crippen molar-refractivity contribution in [2.24, 2.45) is 5.73 Å². The fraction of sp³-hybridized carbons (Fsp3) is 0.700. The van der Waals surface area contributed by atoms with Gasteiger partial charge in [0.05, 0.1) is 10.9 Å². The molecule has 1 aliphatic rings. The van der Waals surface area contributed by atoms with E-state index in [-0.39, 0.29) is 0 Å². The summed E-state index contributed by atoms with van der Waals surface area (Å²) in [5, 5.41) is 0.482. The van der Waals surface area contributed by atoms with E-state index < -0.39 is 0 Å². The van der Waals surface area contributed by atoms with E-state index in [0.29, 0.717) is 11.8 Å². The van der Waals surface area contributed by atoms with Gasteiger partial charge in [-0.25, -0.2) is 4.98 Å².